The lowest BCUT2D eigenvalue weighted by Gasteiger charge is -2.32. The molecule has 0 unspecified atom stereocenters. The van der Waals surface area contributed by atoms with Crippen LogP contribution in [0, 0.1) is 16.0 Å². The molecule has 2 heterocycles. The molecule has 3 aromatic rings. The number of carbonyl (C=O) groups excluding carboxylic acids is 1. The third-order valence-corrected chi connectivity index (χ3v) is 6.11. The van der Waals surface area contributed by atoms with Crippen LogP contribution in [0.15, 0.2) is 48.7 Å². The molecule has 1 saturated heterocycles. The molecule has 162 valence electrons. The number of aromatic amines is 1. The van der Waals surface area contributed by atoms with E-state index in [9.17, 15) is 14.9 Å². The molecule has 0 saturated carbocycles. The van der Waals surface area contributed by atoms with Crippen molar-refractivity contribution >= 4 is 28.2 Å². The molecule has 4 rings (SSSR count). The first kappa shape index (κ1) is 21.1. The van der Waals surface area contributed by atoms with E-state index in [0.717, 1.165) is 49.1 Å². The average Bonchev–Trinajstić information content (AvgIpc) is 3.17. The highest BCUT2D eigenvalue weighted by molar-refractivity contribution is 5.92. The van der Waals surface area contributed by atoms with Crippen LogP contribution in [0.3, 0.4) is 0 Å². The zero-order chi connectivity index (χ0) is 22.0. The van der Waals surface area contributed by atoms with Crippen molar-refractivity contribution in [2.75, 3.05) is 18.4 Å². The number of para-hydroxylation sites is 1. The van der Waals surface area contributed by atoms with E-state index in [1.54, 1.807) is 6.07 Å². The van der Waals surface area contributed by atoms with Crippen molar-refractivity contribution in [1.29, 1.82) is 0 Å². The van der Waals surface area contributed by atoms with Gasteiger partial charge in [0.25, 0.3) is 5.69 Å². The molecular formula is C24H28N4O3. The predicted octanol–water partition coefficient (Wildman–Crippen LogP) is 5.05. The number of piperidine rings is 1. The summed E-state index contributed by atoms with van der Waals surface area (Å²) in [6, 6.07) is 13.4. The summed E-state index contributed by atoms with van der Waals surface area (Å²) < 4.78 is 0. The summed E-state index contributed by atoms with van der Waals surface area (Å²) in [6.45, 7) is 6.49. The Morgan fingerprint density at radius 3 is 2.68 bits per heavy atom. The fourth-order valence-electron chi connectivity index (χ4n) is 4.30. The number of nitro groups is 1. The molecule has 2 N–H and O–H groups in total. The number of hydrogen-bond donors (Lipinski definition) is 2. The number of nitrogens with zero attached hydrogens (tertiary/aromatic N) is 2. The molecular weight excluding hydrogens is 392 g/mol. The minimum absolute atomic E-state index is 0.0333. The summed E-state index contributed by atoms with van der Waals surface area (Å²) in [4.78, 5) is 28.4. The summed E-state index contributed by atoms with van der Waals surface area (Å²) in [6.07, 6.45) is 3.98. The van der Waals surface area contributed by atoms with Gasteiger partial charge in [-0.15, -0.1) is 0 Å². The zero-order valence-corrected chi connectivity index (χ0v) is 17.9. The third-order valence-electron chi connectivity index (χ3n) is 6.11. The first-order valence-electron chi connectivity index (χ1n) is 10.8. The summed E-state index contributed by atoms with van der Waals surface area (Å²) in [5.41, 5.74) is 3.93. The molecule has 0 radical (unpaired) electrons. The van der Waals surface area contributed by atoms with Crippen molar-refractivity contribution in [3.63, 3.8) is 0 Å². The molecule has 2 aromatic carbocycles. The molecule has 0 atom stereocenters. The highest BCUT2D eigenvalue weighted by Crippen LogP contribution is 2.32. The van der Waals surface area contributed by atoms with Crippen LogP contribution >= 0.6 is 0 Å². The number of nitrogens with one attached hydrogen (secondary N) is 2. The Bertz CT molecular complexity index is 1100. The molecule has 1 fully saturated rings. The van der Waals surface area contributed by atoms with E-state index in [0.29, 0.717) is 11.4 Å². The van der Waals surface area contributed by atoms with Crippen LogP contribution in [-0.4, -0.2) is 33.8 Å². The maximum atomic E-state index is 12.0. The van der Waals surface area contributed by atoms with Gasteiger partial charge >= 0.3 is 0 Å². The molecule has 31 heavy (non-hydrogen) atoms. The van der Waals surface area contributed by atoms with Crippen LogP contribution in [0.2, 0.25) is 0 Å². The standard InChI is InChI=1S/C24H28N4O3/c1-16(2)24(29)26-20-6-3-5-18(13-20)17-9-11-27(12-10-17)15-19-14-25-23-21(19)7-4-8-22(23)28(30)31/h3-8,13-14,16-17,25H,9-12,15H2,1-2H3,(H,26,29). The Hall–Kier alpha value is -3.19. The van der Waals surface area contributed by atoms with Gasteiger partial charge in [-0.25, -0.2) is 0 Å². The van der Waals surface area contributed by atoms with E-state index in [1.807, 2.05) is 38.2 Å². The van der Waals surface area contributed by atoms with Crippen molar-refractivity contribution in [2.24, 2.45) is 5.92 Å². The van der Waals surface area contributed by atoms with Crippen LogP contribution in [0.1, 0.15) is 43.7 Å². The number of likely N-dealkylation sites (tertiary alicyclic amines) is 1. The van der Waals surface area contributed by atoms with E-state index in [1.165, 1.54) is 11.6 Å². The second-order valence-corrected chi connectivity index (χ2v) is 8.59. The van der Waals surface area contributed by atoms with Gasteiger partial charge in [-0.05, 0) is 55.1 Å². The van der Waals surface area contributed by atoms with E-state index >= 15 is 0 Å². The van der Waals surface area contributed by atoms with Gasteiger partial charge in [0.2, 0.25) is 5.91 Å². The number of rotatable bonds is 6. The Morgan fingerprint density at radius 2 is 1.97 bits per heavy atom. The summed E-state index contributed by atoms with van der Waals surface area (Å²) in [5.74, 6) is 0.458. The van der Waals surface area contributed by atoms with Crippen LogP contribution in [0.5, 0.6) is 0 Å². The van der Waals surface area contributed by atoms with Gasteiger partial charge in [-0.2, -0.15) is 0 Å². The predicted molar refractivity (Wildman–Crippen MR) is 122 cm³/mol. The van der Waals surface area contributed by atoms with E-state index in [4.69, 9.17) is 0 Å². The van der Waals surface area contributed by atoms with Crippen molar-refractivity contribution in [1.82, 2.24) is 9.88 Å². The Kier molecular flexibility index (Phi) is 6.04. The lowest BCUT2D eigenvalue weighted by Crippen LogP contribution is -2.32. The van der Waals surface area contributed by atoms with Crippen LogP contribution in [-0.2, 0) is 11.3 Å². The quantitative estimate of drug-likeness (QED) is 0.431. The highest BCUT2D eigenvalue weighted by Gasteiger charge is 2.23. The first-order chi connectivity index (χ1) is 14.9. The number of aromatic nitrogens is 1. The monoisotopic (exact) mass is 420 g/mol. The fourth-order valence-corrected chi connectivity index (χ4v) is 4.30. The maximum absolute atomic E-state index is 12.0. The van der Waals surface area contributed by atoms with Gasteiger partial charge in [-0.1, -0.05) is 38.1 Å². The van der Waals surface area contributed by atoms with Crippen LogP contribution in [0.25, 0.3) is 10.9 Å². The second-order valence-electron chi connectivity index (χ2n) is 8.59. The van der Waals surface area contributed by atoms with E-state index in [2.05, 4.69) is 27.3 Å². The summed E-state index contributed by atoms with van der Waals surface area (Å²) in [5, 5.41) is 15.2. The molecule has 1 aromatic heterocycles. The van der Waals surface area contributed by atoms with Gasteiger partial charge < -0.3 is 10.3 Å². The molecule has 7 heteroatoms. The van der Waals surface area contributed by atoms with Crippen molar-refractivity contribution < 1.29 is 9.72 Å². The Labute approximate surface area is 181 Å². The average molecular weight is 421 g/mol. The van der Waals surface area contributed by atoms with Crippen LogP contribution in [0.4, 0.5) is 11.4 Å². The van der Waals surface area contributed by atoms with Crippen molar-refractivity contribution in [3.05, 3.63) is 69.9 Å². The number of H-pyrrole nitrogens is 1. The molecule has 0 aliphatic carbocycles. The molecule has 0 bridgehead atoms. The number of hydrogen-bond acceptors (Lipinski definition) is 4. The first-order valence-corrected chi connectivity index (χ1v) is 10.8. The lowest BCUT2D eigenvalue weighted by atomic mass is 9.89. The highest BCUT2D eigenvalue weighted by atomic mass is 16.6. The summed E-state index contributed by atoms with van der Waals surface area (Å²) >= 11 is 0. The number of fused-ring (bicyclic) bond motifs is 1. The minimum atomic E-state index is -0.341. The number of amides is 1. The van der Waals surface area contributed by atoms with E-state index in [-0.39, 0.29) is 22.4 Å². The molecule has 1 amide bonds. The second kappa shape index (κ2) is 8.89. The SMILES string of the molecule is CC(C)C(=O)Nc1cccc(C2CCN(Cc3c[nH]c4c([N+](=O)[O-])cccc34)CC2)c1. The summed E-state index contributed by atoms with van der Waals surface area (Å²) in [7, 11) is 0. The topological polar surface area (TPSA) is 91.3 Å². The Morgan fingerprint density at radius 1 is 1.23 bits per heavy atom. The molecule has 7 nitrogen and oxygen atoms in total. The van der Waals surface area contributed by atoms with E-state index < -0.39 is 0 Å². The van der Waals surface area contributed by atoms with Gasteiger partial charge in [0.05, 0.1) is 4.92 Å². The lowest BCUT2D eigenvalue weighted by molar-refractivity contribution is -0.383. The van der Waals surface area contributed by atoms with Gasteiger partial charge in [0.15, 0.2) is 0 Å². The van der Waals surface area contributed by atoms with Crippen LogP contribution < -0.4 is 5.32 Å². The minimum Gasteiger partial charge on any atom is -0.355 e. The van der Waals surface area contributed by atoms with Gasteiger partial charge in [-0.3, -0.25) is 19.8 Å². The molecule has 0 spiro atoms. The zero-order valence-electron chi connectivity index (χ0n) is 17.9. The van der Waals surface area contributed by atoms with Crippen molar-refractivity contribution in [3.8, 4) is 0 Å². The van der Waals surface area contributed by atoms with Gasteiger partial charge in [0, 0.05) is 35.8 Å². The largest absolute Gasteiger partial charge is 0.355 e. The number of anilines is 1. The number of nitro benzene ring substituents is 1. The smallest absolute Gasteiger partial charge is 0.293 e. The fraction of sp³-hybridized carbons (Fsp3) is 0.375. The number of non-ortho nitro benzene ring substituents is 1. The molecule has 1 aliphatic rings. The van der Waals surface area contributed by atoms with Gasteiger partial charge in [0.1, 0.15) is 5.52 Å². The molecule has 1 aliphatic heterocycles. The third kappa shape index (κ3) is 4.61. The van der Waals surface area contributed by atoms with Crippen molar-refractivity contribution in [2.45, 2.75) is 39.2 Å². The number of carbonyl (C=O) groups is 1. The maximum Gasteiger partial charge on any atom is 0.293 e. The number of benzene rings is 2. The normalized spacial score (nSPS) is 15.5. The Balaban J connectivity index is 1.40.